The van der Waals surface area contributed by atoms with E-state index in [4.69, 9.17) is 9.47 Å². The largest absolute Gasteiger partial charge is 0.464 e. The summed E-state index contributed by atoms with van der Waals surface area (Å²) in [4.78, 5) is 15.4. The monoisotopic (exact) mass is 391 g/mol. The van der Waals surface area contributed by atoms with Gasteiger partial charge in [-0.3, -0.25) is 0 Å². The maximum Gasteiger partial charge on any atom is 0.332 e. The van der Waals surface area contributed by atoms with E-state index in [9.17, 15) is 13.2 Å². The first-order chi connectivity index (χ1) is 12.7. The maximum absolute atomic E-state index is 11.6. The third kappa shape index (κ3) is 5.85. The van der Waals surface area contributed by atoms with Crippen LogP contribution in [0.15, 0.2) is 51.8 Å². The molecule has 8 nitrogen and oxygen atoms in total. The Kier molecular flexibility index (Phi) is 6.62. The van der Waals surface area contributed by atoms with Crippen LogP contribution in [0.3, 0.4) is 0 Å². The van der Waals surface area contributed by atoms with Crippen LogP contribution in [-0.2, 0) is 19.4 Å². The SMILES string of the molecule is CCOC(=O)C(C)N=Nc1ccc(Oc2ccc(S(C)(=O)=O)nc2)cc1C. The van der Waals surface area contributed by atoms with Crippen molar-refractivity contribution < 1.29 is 22.7 Å². The molecule has 1 unspecified atom stereocenters. The summed E-state index contributed by atoms with van der Waals surface area (Å²) >= 11 is 0. The molecule has 1 aromatic carbocycles. The lowest BCUT2D eigenvalue weighted by Gasteiger charge is -2.08. The number of aromatic nitrogens is 1. The molecule has 9 heteroatoms. The number of aryl methyl sites for hydroxylation is 1. The predicted octanol–water partition coefficient (Wildman–Crippen LogP) is 3.62. The number of sulfone groups is 1. The van der Waals surface area contributed by atoms with Crippen molar-refractivity contribution >= 4 is 21.5 Å². The normalized spacial score (nSPS) is 12.7. The van der Waals surface area contributed by atoms with E-state index in [2.05, 4.69) is 15.2 Å². The quantitative estimate of drug-likeness (QED) is 0.527. The molecule has 1 atom stereocenters. The highest BCUT2D eigenvalue weighted by molar-refractivity contribution is 7.90. The van der Waals surface area contributed by atoms with Gasteiger partial charge in [-0.2, -0.15) is 10.2 Å². The molecule has 144 valence electrons. The number of esters is 1. The lowest BCUT2D eigenvalue weighted by Crippen LogP contribution is -2.17. The molecule has 0 bridgehead atoms. The molecule has 0 aliphatic heterocycles. The molecule has 2 rings (SSSR count). The summed E-state index contributed by atoms with van der Waals surface area (Å²) < 4.78 is 33.4. The van der Waals surface area contributed by atoms with Crippen LogP contribution in [-0.4, -0.2) is 38.3 Å². The molecular weight excluding hydrogens is 370 g/mol. The Morgan fingerprint density at radius 2 is 1.93 bits per heavy atom. The fourth-order valence-electron chi connectivity index (χ4n) is 2.04. The molecule has 1 heterocycles. The summed E-state index contributed by atoms with van der Waals surface area (Å²) in [5.74, 6) is 0.523. The van der Waals surface area contributed by atoms with Crippen LogP contribution >= 0.6 is 0 Å². The zero-order chi connectivity index (χ0) is 20.0. The van der Waals surface area contributed by atoms with Crippen molar-refractivity contribution in [1.29, 1.82) is 0 Å². The first-order valence-corrected chi connectivity index (χ1v) is 10.1. The van der Waals surface area contributed by atoms with Gasteiger partial charge in [-0.05, 0) is 56.7 Å². The van der Waals surface area contributed by atoms with Crippen molar-refractivity contribution in [2.24, 2.45) is 10.2 Å². The summed E-state index contributed by atoms with van der Waals surface area (Å²) in [7, 11) is -3.35. The molecule has 0 radical (unpaired) electrons. The second kappa shape index (κ2) is 8.72. The third-order valence-electron chi connectivity index (χ3n) is 3.46. The summed E-state index contributed by atoms with van der Waals surface area (Å²) in [5, 5.41) is 8.03. The lowest BCUT2D eigenvalue weighted by atomic mass is 10.2. The Morgan fingerprint density at radius 3 is 2.48 bits per heavy atom. The van der Waals surface area contributed by atoms with Gasteiger partial charge in [0.15, 0.2) is 20.9 Å². The number of nitrogens with zero attached hydrogens (tertiary/aromatic N) is 3. The highest BCUT2D eigenvalue weighted by Gasteiger charge is 2.13. The molecule has 0 saturated heterocycles. The second-order valence-electron chi connectivity index (χ2n) is 5.80. The van der Waals surface area contributed by atoms with E-state index in [0.29, 0.717) is 23.8 Å². The molecule has 1 aromatic heterocycles. The van der Waals surface area contributed by atoms with Gasteiger partial charge >= 0.3 is 5.97 Å². The van der Waals surface area contributed by atoms with Crippen molar-refractivity contribution in [1.82, 2.24) is 4.98 Å². The average Bonchev–Trinajstić information content (AvgIpc) is 2.60. The summed E-state index contributed by atoms with van der Waals surface area (Å²) in [6.07, 6.45) is 2.44. The molecule has 0 aliphatic carbocycles. The molecule has 0 fully saturated rings. The topological polar surface area (TPSA) is 107 Å². The van der Waals surface area contributed by atoms with E-state index < -0.39 is 21.8 Å². The Bertz CT molecular complexity index is 940. The van der Waals surface area contributed by atoms with Gasteiger partial charge < -0.3 is 9.47 Å². The number of ether oxygens (including phenoxy) is 2. The van der Waals surface area contributed by atoms with E-state index >= 15 is 0 Å². The number of hydrogen-bond acceptors (Lipinski definition) is 8. The fourth-order valence-corrected chi connectivity index (χ4v) is 2.60. The van der Waals surface area contributed by atoms with Gasteiger partial charge in [-0.25, -0.2) is 18.2 Å². The molecule has 0 amide bonds. The van der Waals surface area contributed by atoms with E-state index in [1.807, 2.05) is 6.92 Å². The van der Waals surface area contributed by atoms with Crippen LogP contribution in [0.2, 0.25) is 0 Å². The Balaban J connectivity index is 2.09. The van der Waals surface area contributed by atoms with Crippen molar-refractivity contribution in [2.75, 3.05) is 12.9 Å². The Morgan fingerprint density at radius 1 is 1.22 bits per heavy atom. The van der Waals surface area contributed by atoms with E-state index in [1.54, 1.807) is 32.0 Å². The molecule has 0 aliphatic rings. The van der Waals surface area contributed by atoms with Crippen LogP contribution < -0.4 is 4.74 Å². The minimum absolute atomic E-state index is 0.0162. The molecule has 27 heavy (non-hydrogen) atoms. The summed E-state index contributed by atoms with van der Waals surface area (Å²) in [6.45, 7) is 5.47. The van der Waals surface area contributed by atoms with Gasteiger partial charge in [0, 0.05) is 6.26 Å². The van der Waals surface area contributed by atoms with Crippen LogP contribution in [0.4, 0.5) is 5.69 Å². The lowest BCUT2D eigenvalue weighted by molar-refractivity contribution is -0.144. The molecule has 0 N–H and O–H groups in total. The fraction of sp³-hybridized carbons (Fsp3) is 0.333. The number of carbonyl (C=O) groups excluding carboxylic acids is 1. The van der Waals surface area contributed by atoms with E-state index in [1.165, 1.54) is 18.3 Å². The minimum Gasteiger partial charge on any atom is -0.464 e. The minimum atomic E-state index is -3.35. The first-order valence-electron chi connectivity index (χ1n) is 8.23. The standard InChI is InChI=1S/C18H21N3O5S/c1-5-25-18(22)13(3)20-21-16-8-6-14(10-12(16)2)26-15-7-9-17(19-11-15)27(4,23)24/h6-11,13H,5H2,1-4H3. The molecule has 0 saturated carbocycles. The number of rotatable bonds is 7. The number of hydrogen-bond donors (Lipinski definition) is 0. The molecule has 2 aromatic rings. The number of pyridine rings is 1. The van der Waals surface area contributed by atoms with E-state index in [0.717, 1.165) is 11.8 Å². The second-order valence-corrected chi connectivity index (χ2v) is 7.76. The van der Waals surface area contributed by atoms with Gasteiger partial charge in [0.25, 0.3) is 0 Å². The van der Waals surface area contributed by atoms with Crippen molar-refractivity contribution in [3.05, 3.63) is 42.1 Å². The first kappa shape index (κ1) is 20.5. The van der Waals surface area contributed by atoms with Gasteiger partial charge in [0.05, 0.1) is 18.5 Å². The van der Waals surface area contributed by atoms with Gasteiger partial charge in [-0.1, -0.05) is 0 Å². The smallest absolute Gasteiger partial charge is 0.332 e. The maximum atomic E-state index is 11.6. The predicted molar refractivity (Wildman–Crippen MR) is 99.2 cm³/mol. The highest BCUT2D eigenvalue weighted by Crippen LogP contribution is 2.28. The van der Waals surface area contributed by atoms with Gasteiger partial charge in [0.1, 0.15) is 11.5 Å². The van der Waals surface area contributed by atoms with Gasteiger partial charge in [0.2, 0.25) is 0 Å². The number of carbonyl (C=O) groups is 1. The average molecular weight is 391 g/mol. The Labute approximate surface area is 158 Å². The summed E-state index contributed by atoms with van der Waals surface area (Å²) in [6, 6.07) is 7.41. The van der Waals surface area contributed by atoms with Crippen molar-refractivity contribution in [2.45, 2.75) is 31.8 Å². The third-order valence-corrected chi connectivity index (χ3v) is 4.46. The van der Waals surface area contributed by atoms with Crippen LogP contribution in [0, 0.1) is 6.92 Å². The Hall–Kier alpha value is -2.81. The van der Waals surface area contributed by atoms with E-state index in [-0.39, 0.29) is 5.03 Å². The number of benzene rings is 1. The van der Waals surface area contributed by atoms with Crippen molar-refractivity contribution in [3.8, 4) is 11.5 Å². The summed E-state index contributed by atoms with van der Waals surface area (Å²) in [5.41, 5.74) is 1.40. The van der Waals surface area contributed by atoms with Crippen LogP contribution in [0.25, 0.3) is 0 Å². The van der Waals surface area contributed by atoms with Crippen LogP contribution in [0.5, 0.6) is 11.5 Å². The highest BCUT2D eigenvalue weighted by atomic mass is 32.2. The van der Waals surface area contributed by atoms with Gasteiger partial charge in [-0.15, -0.1) is 0 Å². The van der Waals surface area contributed by atoms with Crippen LogP contribution in [0.1, 0.15) is 19.4 Å². The zero-order valence-corrected chi connectivity index (χ0v) is 16.4. The zero-order valence-electron chi connectivity index (χ0n) is 15.5. The molecular formula is C18H21N3O5S. The van der Waals surface area contributed by atoms with Crippen molar-refractivity contribution in [3.63, 3.8) is 0 Å². The number of azo groups is 1. The molecule has 0 spiro atoms.